The molecule has 0 saturated carbocycles. The highest BCUT2D eigenvalue weighted by Crippen LogP contribution is 2.38. The molecule has 4 nitrogen and oxygen atoms in total. The Labute approximate surface area is 229 Å². The van der Waals surface area contributed by atoms with Gasteiger partial charge in [-0.1, -0.05) is 78.9 Å². The van der Waals surface area contributed by atoms with Gasteiger partial charge in [0.25, 0.3) is 0 Å². The summed E-state index contributed by atoms with van der Waals surface area (Å²) in [6.07, 6.45) is 0. The first-order chi connectivity index (χ1) is 19.4. The average Bonchev–Trinajstić information content (AvgIpc) is 3.74. The number of para-hydroxylation sites is 1. The first-order valence-electron chi connectivity index (χ1n) is 12.9. The van der Waals surface area contributed by atoms with E-state index in [4.69, 9.17) is 0 Å². The van der Waals surface area contributed by atoms with Gasteiger partial charge >= 0.3 is 0 Å². The Bertz CT molecular complexity index is 2040. The highest BCUT2D eigenvalue weighted by atomic mass is 32.1. The zero-order valence-electron chi connectivity index (χ0n) is 20.9. The second-order valence-electron chi connectivity index (χ2n) is 9.58. The van der Waals surface area contributed by atoms with Crippen LogP contribution in [0, 0.1) is 0 Å². The van der Waals surface area contributed by atoms with E-state index in [1.807, 2.05) is 36.4 Å². The van der Waals surface area contributed by atoms with E-state index >= 15 is 0 Å². The topological polar surface area (TPSA) is 35.6 Å². The fourth-order valence-electron chi connectivity index (χ4n) is 5.62. The molecule has 0 amide bonds. The Morgan fingerprint density at radius 3 is 1.72 bits per heavy atom. The summed E-state index contributed by atoms with van der Waals surface area (Å²) in [7, 11) is 0. The van der Waals surface area contributed by atoms with Gasteiger partial charge in [-0.05, 0) is 53.9 Å². The van der Waals surface area contributed by atoms with Crippen molar-refractivity contribution < 1.29 is 0 Å². The van der Waals surface area contributed by atoms with Crippen LogP contribution >= 0.6 is 11.3 Å². The minimum absolute atomic E-state index is 0.818. The van der Waals surface area contributed by atoms with Crippen molar-refractivity contribution >= 4 is 43.2 Å². The molecule has 0 unspecified atom stereocenters. The summed E-state index contributed by atoms with van der Waals surface area (Å²) < 4.78 is 5.83. The Morgan fingerprint density at radius 2 is 1.05 bits per heavy atom. The molecule has 3 heterocycles. The maximum Gasteiger partial charge on any atom is 0.168 e. The van der Waals surface area contributed by atoms with Gasteiger partial charge in [0.15, 0.2) is 11.6 Å². The molecule has 5 aromatic carbocycles. The highest BCUT2D eigenvalue weighted by Gasteiger charge is 2.18. The molecule has 0 saturated heterocycles. The summed E-state index contributed by atoms with van der Waals surface area (Å²) in [6.45, 7) is 0. The number of hydrogen-bond donors (Lipinski definition) is 0. The largest absolute Gasteiger partial charge is 0.309 e. The number of thiophene rings is 1. The van der Waals surface area contributed by atoms with E-state index in [1.54, 1.807) is 11.3 Å². The fraction of sp³-hybridized carbons (Fsp3) is 0. The van der Waals surface area contributed by atoms with Gasteiger partial charge < -0.3 is 4.57 Å². The lowest BCUT2D eigenvalue weighted by molar-refractivity contribution is 1.07. The smallest absolute Gasteiger partial charge is 0.168 e. The third-order valence-corrected chi connectivity index (χ3v) is 8.24. The molecular weight excluding hydrogens is 496 g/mol. The Kier molecular flexibility index (Phi) is 4.96. The number of benzene rings is 5. The van der Waals surface area contributed by atoms with Crippen molar-refractivity contribution in [1.82, 2.24) is 19.3 Å². The third-order valence-electron chi connectivity index (χ3n) is 7.36. The van der Waals surface area contributed by atoms with Crippen LogP contribution < -0.4 is 0 Å². The lowest BCUT2D eigenvalue weighted by atomic mass is 10.1. The number of aromatic nitrogens is 4. The van der Waals surface area contributed by atoms with Gasteiger partial charge in [-0.15, -0.1) is 21.5 Å². The molecular formula is C34H22N4S. The zero-order chi connectivity index (χ0) is 25.8. The summed E-state index contributed by atoms with van der Waals surface area (Å²) in [5, 5.41) is 15.3. The molecule has 8 aromatic rings. The summed E-state index contributed by atoms with van der Waals surface area (Å²) in [6, 6.07) is 44.6. The van der Waals surface area contributed by atoms with Crippen molar-refractivity contribution in [3.63, 3.8) is 0 Å². The molecule has 39 heavy (non-hydrogen) atoms. The lowest BCUT2D eigenvalue weighted by Gasteiger charge is -2.13. The molecule has 0 atom stereocenters. The van der Waals surface area contributed by atoms with Gasteiger partial charge in [0.2, 0.25) is 0 Å². The standard InChI is InChI=1S/C34H22N4S/c1-3-9-23(10-4-1)33-35-36-34(24-11-5-2-6-12-24)38(33)26-17-15-25(16-18-26)37-29-14-8-7-13-27(29)32-28-21-22-39-31(28)20-19-30(32)37/h1-22H. The fourth-order valence-corrected chi connectivity index (χ4v) is 6.41. The summed E-state index contributed by atoms with van der Waals surface area (Å²) >= 11 is 1.79. The third kappa shape index (κ3) is 3.44. The Morgan fingerprint density at radius 1 is 0.462 bits per heavy atom. The molecule has 5 heteroatoms. The van der Waals surface area contributed by atoms with Crippen LogP contribution in [0.2, 0.25) is 0 Å². The Balaban J connectivity index is 1.33. The van der Waals surface area contributed by atoms with E-state index in [0.717, 1.165) is 34.2 Å². The molecule has 0 spiro atoms. The van der Waals surface area contributed by atoms with Crippen LogP contribution in [0.15, 0.2) is 133 Å². The van der Waals surface area contributed by atoms with Crippen molar-refractivity contribution in [1.29, 1.82) is 0 Å². The SMILES string of the molecule is c1ccc(-c2nnc(-c3ccccc3)n2-c2ccc(-n3c4ccccc4c4c5ccsc5ccc43)cc2)cc1. The number of fused-ring (bicyclic) bond motifs is 5. The van der Waals surface area contributed by atoms with Gasteiger partial charge in [-0.2, -0.15) is 0 Å². The lowest BCUT2D eigenvalue weighted by Crippen LogP contribution is -2.01. The van der Waals surface area contributed by atoms with Crippen molar-refractivity contribution in [2.45, 2.75) is 0 Å². The molecule has 0 N–H and O–H groups in total. The normalized spacial score (nSPS) is 11.6. The van der Waals surface area contributed by atoms with E-state index in [1.165, 1.54) is 31.9 Å². The predicted molar refractivity (Wildman–Crippen MR) is 162 cm³/mol. The van der Waals surface area contributed by atoms with E-state index in [9.17, 15) is 0 Å². The minimum atomic E-state index is 0.818. The first-order valence-corrected chi connectivity index (χ1v) is 13.8. The van der Waals surface area contributed by atoms with Crippen LogP contribution in [-0.2, 0) is 0 Å². The molecule has 8 rings (SSSR count). The molecule has 0 aliphatic heterocycles. The molecule has 0 aliphatic carbocycles. The zero-order valence-corrected chi connectivity index (χ0v) is 21.7. The highest BCUT2D eigenvalue weighted by molar-refractivity contribution is 7.17. The van der Waals surface area contributed by atoms with E-state index in [-0.39, 0.29) is 0 Å². The maximum atomic E-state index is 4.63. The van der Waals surface area contributed by atoms with Gasteiger partial charge in [-0.25, -0.2) is 0 Å². The van der Waals surface area contributed by atoms with Crippen molar-refractivity contribution in [2.24, 2.45) is 0 Å². The predicted octanol–water partition coefficient (Wildman–Crippen LogP) is 8.91. The Hall–Kier alpha value is -5.00. The minimum Gasteiger partial charge on any atom is -0.309 e. The molecule has 184 valence electrons. The van der Waals surface area contributed by atoms with E-state index in [0.29, 0.717) is 0 Å². The maximum absolute atomic E-state index is 4.63. The molecule has 0 aliphatic rings. The van der Waals surface area contributed by atoms with Crippen LogP contribution in [-0.4, -0.2) is 19.3 Å². The number of rotatable bonds is 4. The van der Waals surface area contributed by atoms with Crippen LogP contribution in [0.5, 0.6) is 0 Å². The second-order valence-corrected chi connectivity index (χ2v) is 10.5. The number of hydrogen-bond acceptors (Lipinski definition) is 3. The quantitative estimate of drug-likeness (QED) is 0.233. The van der Waals surface area contributed by atoms with Crippen molar-refractivity contribution in [3.8, 4) is 34.2 Å². The molecule has 0 bridgehead atoms. The van der Waals surface area contributed by atoms with Crippen LogP contribution in [0.3, 0.4) is 0 Å². The van der Waals surface area contributed by atoms with Crippen LogP contribution in [0.1, 0.15) is 0 Å². The summed E-state index contributed by atoms with van der Waals surface area (Å²) in [5.41, 5.74) is 6.61. The summed E-state index contributed by atoms with van der Waals surface area (Å²) in [5.74, 6) is 1.64. The van der Waals surface area contributed by atoms with Gasteiger partial charge in [0, 0.05) is 43.4 Å². The second kappa shape index (κ2) is 8.79. The number of nitrogens with zero attached hydrogens (tertiary/aromatic N) is 4. The summed E-state index contributed by atoms with van der Waals surface area (Å²) in [4.78, 5) is 0. The molecule has 0 radical (unpaired) electrons. The van der Waals surface area contributed by atoms with E-state index < -0.39 is 0 Å². The molecule has 3 aromatic heterocycles. The van der Waals surface area contributed by atoms with Crippen LogP contribution in [0.4, 0.5) is 0 Å². The average molecular weight is 519 g/mol. The first kappa shape index (κ1) is 22.0. The molecule has 0 fully saturated rings. The van der Waals surface area contributed by atoms with Gasteiger partial charge in [-0.3, -0.25) is 4.57 Å². The monoisotopic (exact) mass is 518 g/mol. The van der Waals surface area contributed by atoms with Crippen molar-refractivity contribution in [2.75, 3.05) is 0 Å². The van der Waals surface area contributed by atoms with Crippen molar-refractivity contribution in [3.05, 3.63) is 133 Å². The van der Waals surface area contributed by atoms with Gasteiger partial charge in [0.1, 0.15) is 0 Å². The van der Waals surface area contributed by atoms with Gasteiger partial charge in [0.05, 0.1) is 11.0 Å². The van der Waals surface area contributed by atoms with E-state index in [2.05, 4.69) is 116 Å². The van der Waals surface area contributed by atoms with Crippen LogP contribution in [0.25, 0.3) is 66.0 Å².